The maximum Gasteiger partial charge on any atom is 0.338 e. The molecule has 1 aromatic heterocycles. The van der Waals surface area contributed by atoms with Gasteiger partial charge < -0.3 is 19.5 Å². The van der Waals surface area contributed by atoms with Gasteiger partial charge in [-0.05, 0) is 38.7 Å². The minimum Gasteiger partial charge on any atom is -0.493 e. The number of anilines is 1. The Morgan fingerprint density at radius 3 is 2.69 bits per heavy atom. The van der Waals surface area contributed by atoms with Crippen molar-refractivity contribution in [1.82, 2.24) is 14.8 Å². The van der Waals surface area contributed by atoms with E-state index in [1.54, 1.807) is 18.9 Å². The fourth-order valence-corrected chi connectivity index (χ4v) is 4.17. The maximum atomic E-state index is 13.3. The fourth-order valence-electron chi connectivity index (χ4n) is 4.17. The highest BCUT2D eigenvalue weighted by atomic mass is 16.5. The highest BCUT2D eigenvalue weighted by molar-refractivity contribution is 5.92. The summed E-state index contributed by atoms with van der Waals surface area (Å²) in [7, 11) is 3.17. The molecule has 2 aliphatic rings. The van der Waals surface area contributed by atoms with Crippen LogP contribution in [0.1, 0.15) is 50.6 Å². The molecule has 154 valence electrons. The third kappa shape index (κ3) is 3.54. The lowest BCUT2D eigenvalue weighted by Gasteiger charge is -2.31. The second-order valence-corrected chi connectivity index (χ2v) is 7.34. The number of hydrogen-bond acceptors (Lipinski definition) is 7. The van der Waals surface area contributed by atoms with Crippen LogP contribution in [0.2, 0.25) is 0 Å². The number of allylic oxidation sites excluding steroid dienone is 1. The Bertz CT molecular complexity index is 931. The Balaban J connectivity index is 1.78. The number of benzene rings is 1. The Labute approximate surface area is 169 Å². The van der Waals surface area contributed by atoms with Crippen LogP contribution >= 0.6 is 0 Å². The summed E-state index contributed by atoms with van der Waals surface area (Å²) in [6.45, 7) is 1.86. The number of methoxy groups -OCH3 is 2. The summed E-state index contributed by atoms with van der Waals surface area (Å²) in [5.74, 6) is 1.37. The number of esters is 1. The van der Waals surface area contributed by atoms with Crippen molar-refractivity contribution in [2.45, 2.75) is 51.2 Å². The molecule has 1 atom stereocenters. The Morgan fingerprint density at radius 2 is 1.97 bits per heavy atom. The van der Waals surface area contributed by atoms with E-state index >= 15 is 0 Å². The number of aromatic nitrogens is 3. The summed E-state index contributed by atoms with van der Waals surface area (Å²) in [4.78, 5) is 17.6. The van der Waals surface area contributed by atoms with Gasteiger partial charge in [-0.1, -0.05) is 18.6 Å². The van der Waals surface area contributed by atoms with Crippen molar-refractivity contribution in [3.63, 3.8) is 0 Å². The molecule has 1 unspecified atom stereocenters. The topological polar surface area (TPSA) is 87.5 Å². The second kappa shape index (κ2) is 8.14. The lowest BCUT2D eigenvalue weighted by atomic mass is 9.94. The number of hydrogen-bond donors (Lipinski definition) is 1. The summed E-state index contributed by atoms with van der Waals surface area (Å²) in [6.07, 6.45) is 6.62. The van der Waals surface area contributed by atoms with Crippen molar-refractivity contribution in [2.24, 2.45) is 0 Å². The van der Waals surface area contributed by atoms with E-state index < -0.39 is 6.04 Å². The molecule has 1 fully saturated rings. The zero-order chi connectivity index (χ0) is 20.4. The molecule has 4 rings (SSSR count). The molecule has 1 aliphatic carbocycles. The van der Waals surface area contributed by atoms with Gasteiger partial charge in [0.15, 0.2) is 11.5 Å². The van der Waals surface area contributed by atoms with Crippen LogP contribution in [-0.4, -0.2) is 41.1 Å². The highest BCUT2D eigenvalue weighted by Crippen LogP contribution is 2.43. The Hall–Kier alpha value is -3.03. The number of rotatable bonds is 5. The quantitative estimate of drug-likeness (QED) is 0.772. The zero-order valence-corrected chi connectivity index (χ0v) is 17.0. The molecule has 29 heavy (non-hydrogen) atoms. The second-order valence-electron chi connectivity index (χ2n) is 7.34. The van der Waals surface area contributed by atoms with Gasteiger partial charge >= 0.3 is 5.97 Å². The molecule has 1 N–H and O–H groups in total. The standard InChI is InChI=1S/C21H26N4O4/c1-13-17(20(26)29-14-8-5-4-6-9-14)18(25-21(24-13)22-12-23-25)15-10-7-11-16(27-2)19(15)28-3/h7,10-12,14,18H,4-6,8-9H2,1-3H3,(H,22,23,24). The number of para-hydroxylation sites is 1. The van der Waals surface area contributed by atoms with Crippen LogP contribution < -0.4 is 14.8 Å². The summed E-state index contributed by atoms with van der Waals surface area (Å²) < 4.78 is 18.7. The van der Waals surface area contributed by atoms with Crippen LogP contribution in [0.5, 0.6) is 11.5 Å². The largest absolute Gasteiger partial charge is 0.493 e. The van der Waals surface area contributed by atoms with E-state index in [0.29, 0.717) is 28.7 Å². The van der Waals surface area contributed by atoms with Gasteiger partial charge in [-0.25, -0.2) is 9.48 Å². The van der Waals surface area contributed by atoms with Crippen molar-refractivity contribution in [3.05, 3.63) is 41.4 Å². The van der Waals surface area contributed by atoms with E-state index in [-0.39, 0.29) is 12.1 Å². The van der Waals surface area contributed by atoms with Gasteiger partial charge in [-0.3, -0.25) is 0 Å². The molecular formula is C21H26N4O4. The first-order valence-corrected chi connectivity index (χ1v) is 9.93. The summed E-state index contributed by atoms with van der Waals surface area (Å²) >= 11 is 0. The molecule has 0 bridgehead atoms. The van der Waals surface area contributed by atoms with Crippen molar-refractivity contribution in [3.8, 4) is 11.5 Å². The first-order valence-electron chi connectivity index (χ1n) is 9.93. The SMILES string of the molecule is COc1cccc(C2C(C(=O)OC3CCCCC3)=C(C)Nc3ncnn32)c1OC. The predicted molar refractivity (Wildman–Crippen MR) is 107 cm³/mol. The number of fused-ring (bicyclic) bond motifs is 1. The van der Waals surface area contributed by atoms with Gasteiger partial charge in [0.25, 0.3) is 0 Å². The number of nitrogens with one attached hydrogen (secondary N) is 1. The molecule has 1 aliphatic heterocycles. The van der Waals surface area contributed by atoms with Crippen LogP contribution in [0.4, 0.5) is 5.95 Å². The summed E-state index contributed by atoms with van der Waals surface area (Å²) in [6, 6.07) is 5.07. The molecule has 2 aromatic rings. The average molecular weight is 398 g/mol. The lowest BCUT2D eigenvalue weighted by molar-refractivity contribution is -0.146. The monoisotopic (exact) mass is 398 g/mol. The molecular weight excluding hydrogens is 372 g/mol. The minimum atomic E-state index is -0.533. The van der Waals surface area contributed by atoms with E-state index in [1.807, 2.05) is 25.1 Å². The summed E-state index contributed by atoms with van der Waals surface area (Å²) in [5.41, 5.74) is 1.95. The number of carbonyl (C=O) groups is 1. The van der Waals surface area contributed by atoms with E-state index in [0.717, 1.165) is 31.2 Å². The maximum absolute atomic E-state index is 13.3. The first kappa shape index (κ1) is 19.3. The van der Waals surface area contributed by atoms with Gasteiger partial charge in [-0.2, -0.15) is 10.1 Å². The third-order valence-electron chi connectivity index (χ3n) is 5.57. The minimum absolute atomic E-state index is 0.0402. The predicted octanol–water partition coefficient (Wildman–Crippen LogP) is 3.46. The highest BCUT2D eigenvalue weighted by Gasteiger charge is 2.37. The number of nitrogens with zero attached hydrogens (tertiary/aromatic N) is 3. The molecule has 8 heteroatoms. The molecule has 1 saturated carbocycles. The summed E-state index contributed by atoms with van der Waals surface area (Å²) in [5, 5.41) is 7.53. The smallest absolute Gasteiger partial charge is 0.338 e. The molecule has 0 saturated heterocycles. The van der Waals surface area contributed by atoms with Crippen molar-refractivity contribution >= 4 is 11.9 Å². The Morgan fingerprint density at radius 1 is 1.17 bits per heavy atom. The molecule has 0 amide bonds. The van der Waals surface area contributed by atoms with Gasteiger partial charge in [0.1, 0.15) is 18.5 Å². The Kier molecular flexibility index (Phi) is 5.42. The fraction of sp³-hybridized carbons (Fsp3) is 0.476. The molecule has 1 aromatic carbocycles. The lowest BCUT2D eigenvalue weighted by Crippen LogP contribution is -2.32. The molecule has 0 radical (unpaired) electrons. The average Bonchev–Trinajstić information content (AvgIpc) is 3.20. The van der Waals surface area contributed by atoms with Crippen molar-refractivity contribution < 1.29 is 19.0 Å². The van der Waals surface area contributed by atoms with Crippen LogP contribution in [0.3, 0.4) is 0 Å². The molecule has 0 spiro atoms. The van der Waals surface area contributed by atoms with E-state index in [1.165, 1.54) is 12.7 Å². The molecule has 8 nitrogen and oxygen atoms in total. The van der Waals surface area contributed by atoms with Gasteiger partial charge in [0.05, 0.1) is 19.8 Å². The van der Waals surface area contributed by atoms with Crippen LogP contribution in [-0.2, 0) is 9.53 Å². The van der Waals surface area contributed by atoms with Gasteiger partial charge in [0, 0.05) is 11.3 Å². The normalized spacial score (nSPS) is 19.3. The van der Waals surface area contributed by atoms with Crippen molar-refractivity contribution in [2.75, 3.05) is 19.5 Å². The van der Waals surface area contributed by atoms with E-state index in [4.69, 9.17) is 14.2 Å². The first-order chi connectivity index (χ1) is 14.1. The third-order valence-corrected chi connectivity index (χ3v) is 5.57. The van der Waals surface area contributed by atoms with Crippen LogP contribution in [0, 0.1) is 0 Å². The number of carbonyl (C=O) groups excluding carboxylic acids is 1. The molecule has 2 heterocycles. The van der Waals surface area contributed by atoms with E-state index in [2.05, 4.69) is 15.4 Å². The van der Waals surface area contributed by atoms with Crippen LogP contribution in [0.25, 0.3) is 0 Å². The van der Waals surface area contributed by atoms with Crippen molar-refractivity contribution in [1.29, 1.82) is 0 Å². The van der Waals surface area contributed by atoms with Gasteiger partial charge in [-0.15, -0.1) is 0 Å². The van der Waals surface area contributed by atoms with E-state index in [9.17, 15) is 4.79 Å². The zero-order valence-electron chi connectivity index (χ0n) is 17.0. The number of ether oxygens (including phenoxy) is 3. The van der Waals surface area contributed by atoms with Crippen LogP contribution in [0.15, 0.2) is 35.8 Å². The van der Waals surface area contributed by atoms with Gasteiger partial charge in [0.2, 0.25) is 5.95 Å².